The van der Waals surface area contributed by atoms with E-state index in [1.54, 1.807) is 0 Å². The fourth-order valence-electron chi connectivity index (χ4n) is 3.60. The fourth-order valence-corrected chi connectivity index (χ4v) is 4.35. The number of hydrogen-bond donors (Lipinski definition) is 1. The number of aryl methyl sites for hydroxylation is 3. The zero-order valence-corrected chi connectivity index (χ0v) is 15.9. The Hall–Kier alpha value is -1.88. The molecule has 132 valence electrons. The highest BCUT2D eigenvalue weighted by Gasteiger charge is 2.36. The van der Waals surface area contributed by atoms with Crippen molar-refractivity contribution in [2.45, 2.75) is 57.1 Å². The Morgan fingerprint density at radius 2 is 1.80 bits per heavy atom. The molecule has 1 aromatic heterocycles. The molecule has 1 amide bonds. The summed E-state index contributed by atoms with van der Waals surface area (Å²) in [5.41, 5.74) is 4.11. The number of hydrogen-bond acceptors (Lipinski definition) is 4. The lowest BCUT2D eigenvalue weighted by Gasteiger charge is -2.31. The summed E-state index contributed by atoms with van der Waals surface area (Å²) in [6.45, 7) is 6.00. The molecule has 1 heterocycles. The normalized spacial score (nSPS) is 16.0. The van der Waals surface area contributed by atoms with Gasteiger partial charge in [-0.05, 0) is 45.2 Å². The molecule has 0 unspecified atom stereocenters. The van der Waals surface area contributed by atoms with Gasteiger partial charge in [-0.15, -0.1) is 0 Å². The van der Waals surface area contributed by atoms with Crippen molar-refractivity contribution in [3.05, 3.63) is 52.8 Å². The van der Waals surface area contributed by atoms with E-state index in [1.165, 1.54) is 22.9 Å². The van der Waals surface area contributed by atoms with Crippen LogP contribution in [0.2, 0.25) is 0 Å². The van der Waals surface area contributed by atoms with E-state index in [0.717, 1.165) is 37.1 Å². The molecule has 2 aromatic rings. The van der Waals surface area contributed by atoms with E-state index in [0.29, 0.717) is 10.9 Å². The molecule has 0 spiro atoms. The van der Waals surface area contributed by atoms with Crippen molar-refractivity contribution in [3.8, 4) is 0 Å². The molecule has 1 aliphatic carbocycles. The first-order chi connectivity index (χ1) is 12.0. The number of amides is 1. The largest absolute Gasteiger partial charge is 0.346 e. The standard InChI is InChI=1S/C20H25N3OS/c1-14-7-6-8-17(11-14)20(9-4-5-10-20)23-18(24)13-25-19-21-15(2)12-16(3)22-19/h6-8,11-12H,4-5,9-10,13H2,1-3H3,(H,23,24). The second kappa shape index (κ2) is 7.56. The first-order valence-electron chi connectivity index (χ1n) is 8.80. The molecule has 0 atom stereocenters. The van der Waals surface area contributed by atoms with Gasteiger partial charge < -0.3 is 5.32 Å². The Kier molecular flexibility index (Phi) is 5.42. The van der Waals surface area contributed by atoms with Crippen molar-refractivity contribution in [1.82, 2.24) is 15.3 Å². The highest BCUT2D eigenvalue weighted by atomic mass is 32.2. The van der Waals surface area contributed by atoms with Gasteiger partial charge >= 0.3 is 0 Å². The number of nitrogens with one attached hydrogen (secondary N) is 1. The monoisotopic (exact) mass is 355 g/mol. The number of carbonyl (C=O) groups is 1. The van der Waals surface area contributed by atoms with Crippen LogP contribution in [-0.2, 0) is 10.3 Å². The Bertz CT molecular complexity index is 749. The SMILES string of the molecule is Cc1cccc(C2(NC(=O)CSc3nc(C)cc(C)n3)CCCC2)c1. The van der Waals surface area contributed by atoms with Crippen molar-refractivity contribution in [3.63, 3.8) is 0 Å². The summed E-state index contributed by atoms with van der Waals surface area (Å²) < 4.78 is 0. The Morgan fingerprint density at radius 3 is 2.44 bits per heavy atom. The summed E-state index contributed by atoms with van der Waals surface area (Å²) in [6.07, 6.45) is 4.32. The Morgan fingerprint density at radius 1 is 1.12 bits per heavy atom. The van der Waals surface area contributed by atoms with Gasteiger partial charge in [0.1, 0.15) is 0 Å². The average molecular weight is 356 g/mol. The van der Waals surface area contributed by atoms with Crippen LogP contribution in [0.3, 0.4) is 0 Å². The van der Waals surface area contributed by atoms with Gasteiger partial charge in [-0.3, -0.25) is 4.79 Å². The number of carbonyl (C=O) groups excluding carboxylic acids is 1. The zero-order valence-electron chi connectivity index (χ0n) is 15.1. The highest BCUT2D eigenvalue weighted by Crippen LogP contribution is 2.39. The van der Waals surface area contributed by atoms with E-state index < -0.39 is 0 Å². The number of aromatic nitrogens is 2. The van der Waals surface area contributed by atoms with Crippen molar-refractivity contribution in [1.29, 1.82) is 0 Å². The number of rotatable bonds is 5. The van der Waals surface area contributed by atoms with Crippen molar-refractivity contribution >= 4 is 17.7 Å². The third-order valence-corrected chi connectivity index (χ3v) is 5.55. The van der Waals surface area contributed by atoms with E-state index in [2.05, 4.69) is 46.5 Å². The number of benzene rings is 1. The quantitative estimate of drug-likeness (QED) is 0.648. The van der Waals surface area contributed by atoms with E-state index in [4.69, 9.17) is 0 Å². The minimum Gasteiger partial charge on any atom is -0.346 e. The predicted molar refractivity (Wildman–Crippen MR) is 102 cm³/mol. The molecule has 1 aromatic carbocycles. The van der Waals surface area contributed by atoms with Gasteiger partial charge in [0, 0.05) is 11.4 Å². The maximum atomic E-state index is 12.6. The van der Waals surface area contributed by atoms with Crippen molar-refractivity contribution < 1.29 is 4.79 Å². The Balaban J connectivity index is 1.69. The first-order valence-corrected chi connectivity index (χ1v) is 9.79. The third kappa shape index (κ3) is 4.40. The molecule has 1 fully saturated rings. The van der Waals surface area contributed by atoms with Crippen molar-refractivity contribution in [2.75, 3.05) is 5.75 Å². The van der Waals surface area contributed by atoms with Crippen LogP contribution in [0.1, 0.15) is 48.2 Å². The smallest absolute Gasteiger partial charge is 0.231 e. The molecular weight excluding hydrogens is 330 g/mol. The number of thioether (sulfide) groups is 1. The average Bonchev–Trinajstić information content (AvgIpc) is 3.02. The maximum Gasteiger partial charge on any atom is 0.231 e. The van der Waals surface area contributed by atoms with Crippen LogP contribution in [0.15, 0.2) is 35.5 Å². The molecule has 0 radical (unpaired) electrons. The topological polar surface area (TPSA) is 54.9 Å². The van der Waals surface area contributed by atoms with E-state index in [9.17, 15) is 4.79 Å². The fraction of sp³-hybridized carbons (Fsp3) is 0.450. The van der Waals surface area contributed by atoms with Crippen LogP contribution >= 0.6 is 11.8 Å². The number of nitrogens with zero attached hydrogens (tertiary/aromatic N) is 2. The van der Waals surface area contributed by atoms with Crippen LogP contribution in [0.4, 0.5) is 0 Å². The van der Waals surface area contributed by atoms with Crippen molar-refractivity contribution in [2.24, 2.45) is 0 Å². The zero-order chi connectivity index (χ0) is 17.9. The second-order valence-corrected chi connectivity index (χ2v) is 7.87. The minimum absolute atomic E-state index is 0.0520. The highest BCUT2D eigenvalue weighted by molar-refractivity contribution is 7.99. The van der Waals surface area contributed by atoms with Gasteiger partial charge in [0.05, 0.1) is 11.3 Å². The van der Waals surface area contributed by atoms with Gasteiger partial charge in [-0.2, -0.15) is 0 Å². The van der Waals surface area contributed by atoms with Crippen LogP contribution in [0.25, 0.3) is 0 Å². The third-order valence-electron chi connectivity index (χ3n) is 4.70. The van der Waals surface area contributed by atoms with Crippen LogP contribution in [0.5, 0.6) is 0 Å². The van der Waals surface area contributed by atoms with Gasteiger partial charge in [0.15, 0.2) is 5.16 Å². The molecule has 4 nitrogen and oxygen atoms in total. The molecule has 1 aliphatic rings. The van der Waals surface area contributed by atoms with E-state index in [-0.39, 0.29) is 11.4 Å². The van der Waals surface area contributed by atoms with E-state index >= 15 is 0 Å². The molecule has 1 saturated carbocycles. The van der Waals surface area contributed by atoms with E-state index in [1.807, 2.05) is 19.9 Å². The van der Waals surface area contributed by atoms with Gasteiger partial charge in [-0.1, -0.05) is 54.4 Å². The van der Waals surface area contributed by atoms with Crippen LogP contribution in [0, 0.1) is 20.8 Å². The Labute approximate surface area is 153 Å². The molecule has 25 heavy (non-hydrogen) atoms. The molecular formula is C20H25N3OS. The lowest BCUT2D eigenvalue weighted by molar-refractivity contribution is -0.120. The predicted octanol–water partition coefficient (Wildman–Crippen LogP) is 4.08. The van der Waals surface area contributed by atoms with Crippen LogP contribution < -0.4 is 5.32 Å². The molecule has 0 saturated heterocycles. The molecule has 1 N–H and O–H groups in total. The summed E-state index contributed by atoms with van der Waals surface area (Å²) in [5.74, 6) is 0.396. The van der Waals surface area contributed by atoms with Gasteiger partial charge in [-0.25, -0.2) is 9.97 Å². The lowest BCUT2D eigenvalue weighted by atomic mass is 9.87. The summed E-state index contributed by atoms with van der Waals surface area (Å²) in [6, 6.07) is 10.5. The van der Waals surface area contributed by atoms with Gasteiger partial charge in [0.2, 0.25) is 5.91 Å². The molecule has 3 rings (SSSR count). The molecule has 5 heteroatoms. The van der Waals surface area contributed by atoms with Gasteiger partial charge in [0.25, 0.3) is 0 Å². The van der Waals surface area contributed by atoms with Crippen LogP contribution in [-0.4, -0.2) is 21.6 Å². The summed E-state index contributed by atoms with van der Waals surface area (Å²) in [5, 5.41) is 3.99. The minimum atomic E-state index is -0.215. The second-order valence-electron chi connectivity index (χ2n) is 6.93. The molecule has 0 bridgehead atoms. The first kappa shape index (κ1) is 17.9. The summed E-state index contributed by atoms with van der Waals surface area (Å²) >= 11 is 1.40. The summed E-state index contributed by atoms with van der Waals surface area (Å²) in [4.78, 5) is 21.4. The summed E-state index contributed by atoms with van der Waals surface area (Å²) in [7, 11) is 0. The molecule has 0 aliphatic heterocycles. The maximum absolute atomic E-state index is 12.6. The lowest BCUT2D eigenvalue weighted by Crippen LogP contribution is -2.44.